The molecule has 0 aromatic heterocycles. The summed E-state index contributed by atoms with van der Waals surface area (Å²) >= 11 is 0. The molecule has 2 N–H and O–H groups in total. The summed E-state index contributed by atoms with van der Waals surface area (Å²) in [6.45, 7) is 5.37. The first-order valence-corrected chi connectivity index (χ1v) is 10.7. The standard InChI is InChI=1S/C23H29N3O2/c27-26(28)23-9-5-4-8-21(23)18-24-14-16-25(17-15-24)22-12-10-20(11-13-22)19-6-2-1-3-7-19/h1-9,20,22H,10-18H2/p+2. The van der Waals surface area contributed by atoms with Crippen molar-refractivity contribution in [3.63, 3.8) is 0 Å². The fourth-order valence-electron chi connectivity index (χ4n) is 5.18. The van der Waals surface area contributed by atoms with Crippen LogP contribution in [-0.4, -0.2) is 37.1 Å². The first-order valence-electron chi connectivity index (χ1n) is 10.7. The number of hydrogen-bond acceptors (Lipinski definition) is 2. The second-order valence-corrected chi connectivity index (χ2v) is 8.43. The Morgan fingerprint density at radius 3 is 2.18 bits per heavy atom. The predicted octanol–water partition coefficient (Wildman–Crippen LogP) is 1.60. The zero-order valence-corrected chi connectivity index (χ0v) is 16.5. The van der Waals surface area contributed by atoms with E-state index in [4.69, 9.17) is 0 Å². The van der Waals surface area contributed by atoms with Gasteiger partial charge in [-0.25, -0.2) is 0 Å². The molecule has 5 heteroatoms. The van der Waals surface area contributed by atoms with Crippen LogP contribution in [0.3, 0.4) is 0 Å². The second-order valence-electron chi connectivity index (χ2n) is 8.43. The summed E-state index contributed by atoms with van der Waals surface area (Å²) in [7, 11) is 0. The topological polar surface area (TPSA) is 52.0 Å². The number of benzene rings is 2. The van der Waals surface area contributed by atoms with Gasteiger partial charge >= 0.3 is 0 Å². The molecule has 5 nitrogen and oxygen atoms in total. The van der Waals surface area contributed by atoms with E-state index in [-0.39, 0.29) is 10.6 Å². The molecule has 2 aliphatic rings. The number of nitrogens with one attached hydrogen (secondary N) is 2. The maximum absolute atomic E-state index is 11.2. The lowest BCUT2D eigenvalue weighted by atomic mass is 9.81. The summed E-state index contributed by atoms with van der Waals surface area (Å²) < 4.78 is 0. The van der Waals surface area contributed by atoms with Gasteiger partial charge < -0.3 is 9.80 Å². The van der Waals surface area contributed by atoms with Gasteiger partial charge in [-0.3, -0.25) is 10.1 Å². The van der Waals surface area contributed by atoms with Crippen LogP contribution in [0.15, 0.2) is 54.6 Å². The SMILES string of the molecule is O=[N+]([O-])c1ccccc1C[NH+]1CC[NH+](C2CCC(c3ccccc3)CC2)CC1. The van der Waals surface area contributed by atoms with Crippen molar-refractivity contribution in [3.8, 4) is 0 Å². The van der Waals surface area contributed by atoms with Gasteiger partial charge in [-0.2, -0.15) is 0 Å². The molecule has 0 bridgehead atoms. The molecule has 2 aromatic carbocycles. The Kier molecular flexibility index (Phi) is 6.03. The van der Waals surface area contributed by atoms with Crippen molar-refractivity contribution >= 4 is 5.69 Å². The van der Waals surface area contributed by atoms with Gasteiger partial charge in [0.25, 0.3) is 5.69 Å². The summed E-state index contributed by atoms with van der Waals surface area (Å²) in [5, 5.41) is 11.2. The number of nitro groups is 1. The van der Waals surface area contributed by atoms with Gasteiger partial charge in [0.15, 0.2) is 0 Å². The molecule has 1 saturated carbocycles. The Balaban J connectivity index is 1.27. The summed E-state index contributed by atoms with van der Waals surface area (Å²) in [5.41, 5.74) is 2.65. The van der Waals surface area contributed by atoms with E-state index in [1.54, 1.807) is 17.0 Å². The van der Waals surface area contributed by atoms with E-state index in [1.807, 2.05) is 12.1 Å². The highest BCUT2D eigenvalue weighted by Crippen LogP contribution is 2.31. The van der Waals surface area contributed by atoms with E-state index >= 15 is 0 Å². The molecule has 4 rings (SSSR count). The lowest BCUT2D eigenvalue weighted by Gasteiger charge is -2.38. The minimum Gasteiger partial charge on any atom is -0.323 e. The van der Waals surface area contributed by atoms with Crippen LogP contribution in [0.2, 0.25) is 0 Å². The minimum absolute atomic E-state index is 0.249. The highest BCUT2D eigenvalue weighted by molar-refractivity contribution is 5.39. The summed E-state index contributed by atoms with van der Waals surface area (Å²) in [6, 6.07) is 19.0. The molecule has 1 saturated heterocycles. The number of nitrogens with zero attached hydrogens (tertiary/aromatic N) is 1. The molecule has 1 aliphatic carbocycles. The van der Waals surface area contributed by atoms with Gasteiger partial charge in [-0.05, 0) is 43.2 Å². The first-order chi connectivity index (χ1) is 13.7. The summed E-state index contributed by atoms with van der Waals surface area (Å²) in [6.07, 6.45) is 5.28. The normalized spacial score (nSPS) is 28.0. The molecule has 0 radical (unpaired) electrons. The highest BCUT2D eigenvalue weighted by atomic mass is 16.6. The molecule has 0 unspecified atom stereocenters. The largest absolute Gasteiger partial charge is 0.323 e. The van der Waals surface area contributed by atoms with E-state index in [1.165, 1.54) is 49.2 Å². The quantitative estimate of drug-likeness (QED) is 0.611. The van der Waals surface area contributed by atoms with Gasteiger partial charge in [0, 0.05) is 6.07 Å². The zero-order chi connectivity index (χ0) is 19.3. The first kappa shape index (κ1) is 19.1. The van der Waals surface area contributed by atoms with Crippen molar-refractivity contribution in [2.45, 2.75) is 44.2 Å². The summed E-state index contributed by atoms with van der Waals surface area (Å²) in [4.78, 5) is 14.2. The van der Waals surface area contributed by atoms with E-state index in [0.717, 1.165) is 37.2 Å². The van der Waals surface area contributed by atoms with Gasteiger partial charge in [0.1, 0.15) is 32.7 Å². The number of hydrogen-bond donors (Lipinski definition) is 2. The van der Waals surface area contributed by atoms with Crippen LogP contribution in [0, 0.1) is 10.1 Å². The molecule has 1 heterocycles. The Morgan fingerprint density at radius 1 is 0.857 bits per heavy atom. The number of nitro benzene ring substituents is 1. The predicted molar refractivity (Wildman–Crippen MR) is 110 cm³/mol. The molecule has 0 amide bonds. The Hall–Kier alpha value is -2.24. The maximum Gasteiger partial charge on any atom is 0.278 e. The van der Waals surface area contributed by atoms with Crippen molar-refractivity contribution in [3.05, 3.63) is 75.8 Å². The average molecular weight is 382 g/mol. The van der Waals surface area contributed by atoms with Crippen LogP contribution in [0.25, 0.3) is 0 Å². The van der Waals surface area contributed by atoms with E-state index in [0.29, 0.717) is 0 Å². The van der Waals surface area contributed by atoms with Crippen molar-refractivity contribution < 1.29 is 14.7 Å². The van der Waals surface area contributed by atoms with Crippen molar-refractivity contribution in [1.29, 1.82) is 0 Å². The fraction of sp³-hybridized carbons (Fsp3) is 0.478. The van der Waals surface area contributed by atoms with E-state index < -0.39 is 0 Å². The monoisotopic (exact) mass is 381 g/mol. The van der Waals surface area contributed by atoms with Crippen LogP contribution >= 0.6 is 0 Å². The number of rotatable bonds is 5. The number of quaternary nitrogens is 2. The molecular weight excluding hydrogens is 350 g/mol. The Morgan fingerprint density at radius 2 is 1.50 bits per heavy atom. The van der Waals surface area contributed by atoms with Gasteiger partial charge in [-0.15, -0.1) is 0 Å². The maximum atomic E-state index is 11.2. The third-order valence-electron chi connectivity index (χ3n) is 6.80. The van der Waals surface area contributed by atoms with E-state index in [2.05, 4.69) is 30.3 Å². The zero-order valence-electron chi connectivity index (χ0n) is 16.5. The van der Waals surface area contributed by atoms with Crippen LogP contribution in [-0.2, 0) is 6.54 Å². The fourth-order valence-corrected chi connectivity index (χ4v) is 5.18. The van der Waals surface area contributed by atoms with Crippen LogP contribution < -0.4 is 9.80 Å². The molecule has 1 aliphatic heterocycles. The van der Waals surface area contributed by atoms with E-state index in [9.17, 15) is 10.1 Å². The molecule has 2 aromatic rings. The van der Waals surface area contributed by atoms with Crippen LogP contribution in [0.1, 0.15) is 42.7 Å². The minimum atomic E-state index is -0.249. The molecular formula is C23H31N3O2+2. The molecule has 28 heavy (non-hydrogen) atoms. The molecule has 0 spiro atoms. The second kappa shape index (κ2) is 8.84. The van der Waals surface area contributed by atoms with Gasteiger partial charge in [0.2, 0.25) is 0 Å². The Labute approximate surface area is 167 Å². The lowest BCUT2D eigenvalue weighted by molar-refractivity contribution is -1.03. The third-order valence-corrected chi connectivity index (χ3v) is 6.80. The molecule has 148 valence electrons. The number of piperazine rings is 1. The summed E-state index contributed by atoms with van der Waals surface area (Å²) in [5.74, 6) is 0.738. The van der Waals surface area contributed by atoms with Crippen LogP contribution in [0.5, 0.6) is 0 Å². The number of para-hydroxylation sites is 1. The average Bonchev–Trinajstić information content (AvgIpc) is 2.75. The van der Waals surface area contributed by atoms with Crippen LogP contribution in [0.4, 0.5) is 5.69 Å². The third kappa shape index (κ3) is 4.42. The highest BCUT2D eigenvalue weighted by Gasteiger charge is 2.33. The molecule has 2 fully saturated rings. The lowest BCUT2D eigenvalue weighted by Crippen LogP contribution is -3.29. The van der Waals surface area contributed by atoms with Gasteiger partial charge in [-0.1, -0.05) is 42.5 Å². The smallest absolute Gasteiger partial charge is 0.278 e. The van der Waals surface area contributed by atoms with Crippen molar-refractivity contribution in [2.75, 3.05) is 26.2 Å². The Bertz CT molecular complexity index is 779. The molecule has 0 atom stereocenters. The van der Waals surface area contributed by atoms with Crippen molar-refractivity contribution in [1.82, 2.24) is 0 Å². The van der Waals surface area contributed by atoms with Crippen molar-refractivity contribution in [2.24, 2.45) is 0 Å². The van der Waals surface area contributed by atoms with Gasteiger partial charge in [0.05, 0.1) is 16.5 Å².